The lowest BCUT2D eigenvalue weighted by Crippen LogP contribution is -2.52. The average molecular weight is 429 g/mol. The van der Waals surface area contributed by atoms with Crippen LogP contribution in [0.25, 0.3) is 0 Å². The van der Waals surface area contributed by atoms with Gasteiger partial charge in [-0.05, 0) is 25.5 Å². The number of hydrogen-bond donors (Lipinski definition) is 0. The van der Waals surface area contributed by atoms with Gasteiger partial charge in [0.2, 0.25) is 5.91 Å². The van der Waals surface area contributed by atoms with E-state index in [2.05, 4.69) is 16.0 Å². The standard InChI is InChI=1S/C22H28N4O3S/c1-4-19-15(2)23-22-26(21(19)28)13-16(14-30-22)20(27)25-10-8-24(9-11-25)17-6-5-7-18(12-17)29-3/h5-7,12,16H,4,8-11,13-14H2,1-3H3. The summed E-state index contributed by atoms with van der Waals surface area (Å²) in [5.41, 5.74) is 2.68. The number of thioether (sulfide) groups is 1. The molecule has 0 aliphatic carbocycles. The normalized spacial score (nSPS) is 18.8. The number of rotatable bonds is 4. The topological polar surface area (TPSA) is 67.7 Å². The zero-order chi connectivity index (χ0) is 21.3. The number of aromatic nitrogens is 2. The van der Waals surface area contributed by atoms with Gasteiger partial charge in [0.1, 0.15) is 5.75 Å². The number of piperazine rings is 1. The zero-order valence-corrected chi connectivity index (χ0v) is 18.6. The van der Waals surface area contributed by atoms with Gasteiger partial charge in [0.05, 0.1) is 13.0 Å². The minimum absolute atomic E-state index is 0.00726. The second-order valence-corrected chi connectivity index (χ2v) is 8.74. The van der Waals surface area contributed by atoms with Gasteiger partial charge in [0.25, 0.3) is 5.56 Å². The molecule has 2 aliphatic heterocycles. The molecule has 2 aromatic rings. The van der Waals surface area contributed by atoms with Gasteiger partial charge in [-0.25, -0.2) is 4.98 Å². The van der Waals surface area contributed by atoms with Crippen LogP contribution in [0.5, 0.6) is 5.75 Å². The number of methoxy groups -OCH3 is 1. The van der Waals surface area contributed by atoms with E-state index in [4.69, 9.17) is 4.74 Å². The number of benzene rings is 1. The van der Waals surface area contributed by atoms with Crippen LogP contribution in [0.1, 0.15) is 18.2 Å². The fourth-order valence-corrected chi connectivity index (χ4v) is 5.32. The van der Waals surface area contributed by atoms with Gasteiger partial charge in [0, 0.05) is 61.5 Å². The quantitative estimate of drug-likeness (QED) is 0.696. The maximum absolute atomic E-state index is 13.2. The molecule has 30 heavy (non-hydrogen) atoms. The van der Waals surface area contributed by atoms with Crippen LogP contribution in [0, 0.1) is 12.8 Å². The van der Waals surface area contributed by atoms with Crippen molar-refractivity contribution in [1.29, 1.82) is 0 Å². The molecule has 0 saturated carbocycles. The van der Waals surface area contributed by atoms with E-state index < -0.39 is 0 Å². The van der Waals surface area contributed by atoms with Gasteiger partial charge < -0.3 is 14.5 Å². The van der Waals surface area contributed by atoms with E-state index in [0.717, 1.165) is 40.9 Å². The van der Waals surface area contributed by atoms with Crippen molar-refractivity contribution in [3.63, 3.8) is 0 Å². The molecule has 4 rings (SSSR count). The van der Waals surface area contributed by atoms with E-state index in [0.29, 0.717) is 31.8 Å². The largest absolute Gasteiger partial charge is 0.497 e. The summed E-state index contributed by atoms with van der Waals surface area (Å²) in [4.78, 5) is 34.8. The van der Waals surface area contributed by atoms with Crippen LogP contribution in [0.4, 0.5) is 5.69 Å². The molecule has 0 radical (unpaired) electrons. The van der Waals surface area contributed by atoms with Crippen molar-refractivity contribution in [3.8, 4) is 5.75 Å². The van der Waals surface area contributed by atoms with Gasteiger partial charge in [-0.2, -0.15) is 0 Å². The highest BCUT2D eigenvalue weighted by molar-refractivity contribution is 7.99. The third-order valence-electron chi connectivity index (χ3n) is 5.96. The summed E-state index contributed by atoms with van der Waals surface area (Å²) in [5, 5.41) is 0.738. The number of carbonyl (C=O) groups excluding carboxylic acids is 1. The van der Waals surface area contributed by atoms with Crippen molar-refractivity contribution in [2.45, 2.75) is 32.0 Å². The molecule has 0 bridgehead atoms. The van der Waals surface area contributed by atoms with E-state index in [9.17, 15) is 9.59 Å². The lowest BCUT2D eigenvalue weighted by molar-refractivity contribution is -0.135. The zero-order valence-electron chi connectivity index (χ0n) is 17.8. The van der Waals surface area contributed by atoms with E-state index in [-0.39, 0.29) is 17.4 Å². The number of hydrogen-bond acceptors (Lipinski definition) is 6. The Morgan fingerprint density at radius 1 is 1.27 bits per heavy atom. The molecule has 0 spiro atoms. The van der Waals surface area contributed by atoms with E-state index in [1.165, 1.54) is 11.8 Å². The maximum atomic E-state index is 13.2. The van der Waals surface area contributed by atoms with Crippen molar-refractivity contribution in [2.24, 2.45) is 5.92 Å². The summed E-state index contributed by atoms with van der Waals surface area (Å²) >= 11 is 1.52. The Bertz CT molecular complexity index is 998. The molecule has 1 fully saturated rings. The van der Waals surface area contributed by atoms with Crippen LogP contribution in [-0.4, -0.2) is 59.4 Å². The van der Waals surface area contributed by atoms with Crippen LogP contribution in [-0.2, 0) is 17.8 Å². The SMILES string of the molecule is CCc1c(C)nc2n(c1=O)CC(C(=O)N1CCN(c3cccc(OC)c3)CC1)CS2. The Morgan fingerprint density at radius 3 is 2.73 bits per heavy atom. The van der Waals surface area contributed by atoms with E-state index >= 15 is 0 Å². The van der Waals surface area contributed by atoms with Gasteiger partial charge in [-0.1, -0.05) is 24.8 Å². The Kier molecular flexibility index (Phi) is 6.04. The number of nitrogens with zero attached hydrogens (tertiary/aromatic N) is 4. The van der Waals surface area contributed by atoms with E-state index in [1.54, 1.807) is 11.7 Å². The number of aryl methyl sites for hydroxylation is 1. The highest BCUT2D eigenvalue weighted by Crippen LogP contribution is 2.28. The molecular formula is C22H28N4O3S. The summed E-state index contributed by atoms with van der Waals surface area (Å²) < 4.78 is 7.02. The second kappa shape index (κ2) is 8.71. The molecule has 7 nitrogen and oxygen atoms in total. The fraction of sp³-hybridized carbons (Fsp3) is 0.500. The molecule has 1 saturated heterocycles. The van der Waals surface area contributed by atoms with Crippen LogP contribution in [0.3, 0.4) is 0 Å². The first-order valence-corrected chi connectivity index (χ1v) is 11.4. The molecule has 1 aromatic carbocycles. The molecule has 2 aliphatic rings. The molecule has 0 N–H and O–H groups in total. The smallest absolute Gasteiger partial charge is 0.257 e. The molecule has 160 valence electrons. The minimum Gasteiger partial charge on any atom is -0.497 e. The Morgan fingerprint density at radius 2 is 2.03 bits per heavy atom. The predicted octanol–water partition coefficient (Wildman–Crippen LogP) is 2.19. The van der Waals surface area contributed by atoms with Crippen molar-refractivity contribution < 1.29 is 9.53 Å². The van der Waals surface area contributed by atoms with Gasteiger partial charge in [-0.15, -0.1) is 0 Å². The van der Waals surface area contributed by atoms with Gasteiger partial charge in [-0.3, -0.25) is 14.2 Å². The first-order valence-electron chi connectivity index (χ1n) is 10.4. The average Bonchev–Trinajstić information content (AvgIpc) is 2.79. The lowest BCUT2D eigenvalue weighted by atomic mass is 10.1. The number of fused-ring (bicyclic) bond motifs is 1. The monoisotopic (exact) mass is 428 g/mol. The van der Waals surface area contributed by atoms with E-state index in [1.807, 2.05) is 36.9 Å². The number of anilines is 1. The fourth-order valence-electron chi connectivity index (χ4n) is 4.20. The summed E-state index contributed by atoms with van der Waals surface area (Å²) in [5.74, 6) is 1.47. The third kappa shape index (κ3) is 3.93. The summed E-state index contributed by atoms with van der Waals surface area (Å²) in [6, 6.07) is 8.02. The Labute approximate surface area is 181 Å². The molecule has 3 heterocycles. The van der Waals surface area contributed by atoms with Crippen LogP contribution in [0.15, 0.2) is 34.2 Å². The molecule has 8 heteroatoms. The number of carbonyl (C=O) groups is 1. The molecule has 1 atom stereocenters. The lowest BCUT2D eigenvalue weighted by Gasteiger charge is -2.38. The Hall–Kier alpha value is -2.48. The van der Waals surface area contributed by atoms with Crippen molar-refractivity contribution in [1.82, 2.24) is 14.5 Å². The summed E-state index contributed by atoms with van der Waals surface area (Å²) in [6.45, 7) is 7.23. The summed E-state index contributed by atoms with van der Waals surface area (Å²) in [6.07, 6.45) is 0.660. The molecular weight excluding hydrogens is 400 g/mol. The van der Waals surface area contributed by atoms with Crippen molar-refractivity contribution in [2.75, 3.05) is 43.9 Å². The van der Waals surface area contributed by atoms with Crippen LogP contribution >= 0.6 is 11.8 Å². The van der Waals surface area contributed by atoms with Crippen molar-refractivity contribution >= 4 is 23.4 Å². The van der Waals surface area contributed by atoms with Crippen LogP contribution in [0.2, 0.25) is 0 Å². The molecule has 1 amide bonds. The van der Waals surface area contributed by atoms with Crippen LogP contribution < -0.4 is 15.2 Å². The van der Waals surface area contributed by atoms with Gasteiger partial charge in [0.15, 0.2) is 5.16 Å². The first-order chi connectivity index (χ1) is 14.5. The van der Waals surface area contributed by atoms with Gasteiger partial charge >= 0.3 is 0 Å². The molecule has 1 aromatic heterocycles. The first kappa shape index (κ1) is 20.8. The highest BCUT2D eigenvalue weighted by Gasteiger charge is 2.32. The minimum atomic E-state index is -0.183. The Balaban J connectivity index is 1.42. The second-order valence-electron chi connectivity index (χ2n) is 7.75. The molecule has 1 unspecified atom stereocenters. The highest BCUT2D eigenvalue weighted by atomic mass is 32.2. The number of ether oxygens (including phenoxy) is 1. The third-order valence-corrected chi connectivity index (χ3v) is 7.10. The predicted molar refractivity (Wildman–Crippen MR) is 119 cm³/mol. The maximum Gasteiger partial charge on any atom is 0.257 e. The summed E-state index contributed by atoms with van der Waals surface area (Å²) in [7, 11) is 1.67. The number of amides is 1. The van der Waals surface area contributed by atoms with Crippen molar-refractivity contribution in [3.05, 3.63) is 45.9 Å².